The van der Waals surface area contributed by atoms with Crippen LogP contribution < -0.4 is 9.47 Å². The lowest BCUT2D eigenvalue weighted by Crippen LogP contribution is -2.50. The minimum absolute atomic E-state index is 0.000598. The molecule has 202 valence electrons. The van der Waals surface area contributed by atoms with Crippen molar-refractivity contribution >= 4 is 0 Å². The van der Waals surface area contributed by atoms with Crippen molar-refractivity contribution < 1.29 is 36.9 Å². The van der Waals surface area contributed by atoms with Gasteiger partial charge >= 0.3 is 6.18 Å². The number of aliphatic hydroxyl groups is 1. The minimum Gasteiger partial charge on any atom is -0.493 e. The van der Waals surface area contributed by atoms with Gasteiger partial charge in [-0.05, 0) is 77.8 Å². The van der Waals surface area contributed by atoms with Crippen LogP contribution in [0.1, 0.15) is 41.2 Å². The van der Waals surface area contributed by atoms with Gasteiger partial charge in [0.15, 0.2) is 0 Å². The first-order valence-electron chi connectivity index (χ1n) is 12.5. The summed E-state index contributed by atoms with van der Waals surface area (Å²) in [6.45, 7) is 4.31. The second-order valence-corrected chi connectivity index (χ2v) is 10.4. The van der Waals surface area contributed by atoms with E-state index in [2.05, 4.69) is 11.9 Å². The Kier molecular flexibility index (Phi) is 7.09. The van der Waals surface area contributed by atoms with E-state index in [-0.39, 0.29) is 37.6 Å². The first-order chi connectivity index (χ1) is 18.0. The summed E-state index contributed by atoms with van der Waals surface area (Å²) in [4.78, 5) is 4.28. The zero-order valence-electron chi connectivity index (χ0n) is 21.2. The first-order valence-corrected chi connectivity index (χ1v) is 12.5. The molecular weight excluding hydrogens is 502 g/mol. The number of aromatic nitrogens is 1. The van der Waals surface area contributed by atoms with E-state index < -0.39 is 23.2 Å². The zero-order chi connectivity index (χ0) is 27.1. The molecule has 0 amide bonds. The second-order valence-electron chi connectivity index (χ2n) is 10.4. The largest absolute Gasteiger partial charge is 0.493 e. The molecule has 0 saturated carbocycles. The minimum atomic E-state index is -4.75. The fourth-order valence-electron chi connectivity index (χ4n) is 4.99. The number of rotatable bonds is 8. The molecule has 1 atom stereocenters. The van der Waals surface area contributed by atoms with E-state index in [1.165, 1.54) is 12.1 Å². The Morgan fingerprint density at radius 2 is 1.82 bits per heavy atom. The molecule has 1 aliphatic carbocycles. The van der Waals surface area contributed by atoms with Gasteiger partial charge in [-0.2, -0.15) is 13.2 Å². The van der Waals surface area contributed by atoms with Crippen molar-refractivity contribution in [2.75, 3.05) is 19.8 Å². The predicted octanol–water partition coefficient (Wildman–Crippen LogP) is 6.06. The highest BCUT2D eigenvalue weighted by molar-refractivity contribution is 5.73. The van der Waals surface area contributed by atoms with Crippen LogP contribution in [0.3, 0.4) is 0 Å². The quantitative estimate of drug-likeness (QED) is 0.358. The van der Waals surface area contributed by atoms with Crippen LogP contribution in [0.25, 0.3) is 11.1 Å². The maximum Gasteiger partial charge on any atom is 0.417 e. The molecular formula is C29H29F4NO4. The molecule has 1 aromatic heterocycles. The molecule has 1 aliphatic heterocycles. The van der Waals surface area contributed by atoms with E-state index >= 15 is 0 Å². The molecule has 5 nitrogen and oxygen atoms in total. The molecule has 0 radical (unpaired) electrons. The number of aryl methyl sites for hydroxylation is 1. The number of alkyl halides is 3. The Balaban J connectivity index is 1.37. The summed E-state index contributed by atoms with van der Waals surface area (Å²) in [5, 5.41) is 10.1. The smallest absolute Gasteiger partial charge is 0.417 e. The van der Waals surface area contributed by atoms with E-state index in [1.54, 1.807) is 25.3 Å². The van der Waals surface area contributed by atoms with Crippen molar-refractivity contribution in [1.82, 2.24) is 4.98 Å². The highest BCUT2D eigenvalue weighted by atomic mass is 19.4. The van der Waals surface area contributed by atoms with Gasteiger partial charge in [-0.1, -0.05) is 13.0 Å². The van der Waals surface area contributed by atoms with E-state index in [4.69, 9.17) is 14.2 Å². The van der Waals surface area contributed by atoms with Crippen LogP contribution in [0.15, 0.2) is 42.6 Å². The van der Waals surface area contributed by atoms with Crippen molar-refractivity contribution in [3.8, 4) is 22.8 Å². The number of pyridine rings is 1. The van der Waals surface area contributed by atoms with Crippen LogP contribution >= 0.6 is 0 Å². The summed E-state index contributed by atoms with van der Waals surface area (Å²) in [6.07, 6.45) is -0.779. The van der Waals surface area contributed by atoms with Crippen LogP contribution in [-0.4, -0.2) is 35.5 Å². The molecule has 2 heterocycles. The third kappa shape index (κ3) is 5.63. The average Bonchev–Trinajstić information content (AvgIpc) is 3.21. The number of ether oxygens (including phenoxy) is 3. The first kappa shape index (κ1) is 26.4. The van der Waals surface area contributed by atoms with Crippen LogP contribution in [0.4, 0.5) is 17.6 Å². The molecule has 1 saturated heterocycles. The van der Waals surface area contributed by atoms with Crippen LogP contribution in [0.5, 0.6) is 11.6 Å². The summed E-state index contributed by atoms with van der Waals surface area (Å²) in [7, 11) is 0. The average molecular weight is 532 g/mol. The van der Waals surface area contributed by atoms with Gasteiger partial charge in [0, 0.05) is 24.2 Å². The zero-order valence-corrected chi connectivity index (χ0v) is 21.2. The summed E-state index contributed by atoms with van der Waals surface area (Å²) >= 11 is 0. The lowest BCUT2D eigenvalue weighted by Gasteiger charge is -2.36. The molecule has 5 rings (SSSR count). The third-order valence-electron chi connectivity index (χ3n) is 7.13. The van der Waals surface area contributed by atoms with E-state index in [9.17, 15) is 22.7 Å². The number of hydrogen-bond acceptors (Lipinski definition) is 5. The lowest BCUT2D eigenvalue weighted by atomic mass is 9.93. The van der Waals surface area contributed by atoms with Gasteiger partial charge in [0.1, 0.15) is 23.8 Å². The number of benzene rings is 2. The van der Waals surface area contributed by atoms with Gasteiger partial charge in [0.2, 0.25) is 5.88 Å². The van der Waals surface area contributed by atoms with Crippen molar-refractivity contribution in [3.63, 3.8) is 0 Å². The van der Waals surface area contributed by atoms with Crippen LogP contribution in [0, 0.1) is 18.7 Å². The van der Waals surface area contributed by atoms with Crippen molar-refractivity contribution in [2.24, 2.45) is 5.92 Å². The van der Waals surface area contributed by atoms with Gasteiger partial charge in [0.05, 0.1) is 25.4 Å². The molecule has 1 fully saturated rings. The molecule has 1 unspecified atom stereocenters. The molecule has 0 bridgehead atoms. The van der Waals surface area contributed by atoms with Gasteiger partial charge in [-0.3, -0.25) is 0 Å². The highest BCUT2D eigenvalue weighted by Gasteiger charge is 2.36. The summed E-state index contributed by atoms with van der Waals surface area (Å²) in [6, 6.07) is 8.27. The van der Waals surface area contributed by atoms with Crippen LogP contribution in [-0.2, 0) is 30.4 Å². The molecule has 2 aromatic carbocycles. The van der Waals surface area contributed by atoms with Gasteiger partial charge < -0.3 is 19.3 Å². The van der Waals surface area contributed by atoms with E-state index in [1.807, 2.05) is 6.07 Å². The van der Waals surface area contributed by atoms with Crippen LogP contribution in [0.2, 0.25) is 0 Å². The number of hydrogen-bond donors (Lipinski definition) is 1. The van der Waals surface area contributed by atoms with Crippen molar-refractivity contribution in [2.45, 2.75) is 51.5 Å². The Hall–Kier alpha value is -3.17. The Bertz CT molecular complexity index is 1340. The standard InChI is InChI=1S/C29H29F4NO4/c1-17-7-19-11-27(34-13-20(19)8-17)38-14-21-10-24(25(12-26(21)30)29(31,32)33)23-4-3-22(9-18(23)2)37-6-5-28(35)15-36-16-28/h3-4,9-13,17,35H,5-8,14-16H2,1-2H3. The third-order valence-corrected chi connectivity index (χ3v) is 7.13. The van der Waals surface area contributed by atoms with Crippen molar-refractivity contribution in [3.05, 3.63) is 76.2 Å². The van der Waals surface area contributed by atoms with Crippen molar-refractivity contribution in [1.29, 1.82) is 0 Å². The molecule has 9 heteroatoms. The van der Waals surface area contributed by atoms with E-state index in [0.29, 0.717) is 41.2 Å². The highest BCUT2D eigenvalue weighted by Crippen LogP contribution is 2.40. The van der Waals surface area contributed by atoms with Gasteiger partial charge in [-0.25, -0.2) is 9.37 Å². The monoisotopic (exact) mass is 531 g/mol. The summed E-state index contributed by atoms with van der Waals surface area (Å²) < 4.78 is 73.0. The summed E-state index contributed by atoms with van der Waals surface area (Å²) in [5.74, 6) is 0.299. The molecule has 2 aliphatic rings. The normalized spacial score (nSPS) is 18.1. The number of nitrogens with zero attached hydrogens (tertiary/aromatic N) is 1. The Morgan fingerprint density at radius 1 is 1.05 bits per heavy atom. The fraction of sp³-hybridized carbons (Fsp3) is 0.414. The second kappa shape index (κ2) is 10.2. The number of halogens is 4. The maximum atomic E-state index is 14.8. The maximum absolute atomic E-state index is 14.8. The Labute approximate surface area is 218 Å². The SMILES string of the molecule is Cc1cc(OCCC2(O)COC2)ccc1-c1cc(COc2cc3c(cn2)CC(C)C3)c(F)cc1C(F)(F)F. The molecule has 3 aromatic rings. The van der Waals surface area contributed by atoms with E-state index in [0.717, 1.165) is 24.0 Å². The Morgan fingerprint density at radius 3 is 2.50 bits per heavy atom. The van der Waals surface area contributed by atoms with Gasteiger partial charge in [0.25, 0.3) is 0 Å². The topological polar surface area (TPSA) is 60.8 Å². The molecule has 1 N–H and O–H groups in total. The predicted molar refractivity (Wildman–Crippen MR) is 133 cm³/mol. The lowest BCUT2D eigenvalue weighted by molar-refractivity contribution is -0.184. The fourth-order valence-corrected chi connectivity index (χ4v) is 4.99. The molecule has 0 spiro atoms. The molecule has 38 heavy (non-hydrogen) atoms. The number of fused-ring (bicyclic) bond motifs is 1. The van der Waals surface area contributed by atoms with Gasteiger partial charge in [-0.15, -0.1) is 0 Å². The summed E-state index contributed by atoms with van der Waals surface area (Å²) in [5.41, 5.74) is 1.03.